The Morgan fingerprint density at radius 1 is 1.60 bits per heavy atom. The number of hydrogen-bond acceptors (Lipinski definition) is 6. The maximum atomic E-state index is 7.13. The second-order valence-corrected chi connectivity index (χ2v) is 2.58. The van der Waals surface area contributed by atoms with E-state index in [1.807, 2.05) is 0 Å². The van der Waals surface area contributed by atoms with Crippen molar-refractivity contribution in [1.82, 2.24) is 15.3 Å². The molecular formula is C9H13N5O. The molecule has 6 heteroatoms. The predicted molar refractivity (Wildman–Crippen MR) is 58.1 cm³/mol. The van der Waals surface area contributed by atoms with Crippen LogP contribution in [0.5, 0.6) is 5.88 Å². The number of methoxy groups -OCH3 is 1. The maximum Gasteiger partial charge on any atom is 0.230 e. The summed E-state index contributed by atoms with van der Waals surface area (Å²) in [6.07, 6.45) is 4.38. The quantitative estimate of drug-likeness (QED) is 0.616. The maximum absolute atomic E-state index is 7.13. The predicted octanol–water partition coefficient (Wildman–Crippen LogP) is 0.607. The third-order valence-corrected chi connectivity index (χ3v) is 1.55. The molecule has 1 aromatic heterocycles. The van der Waals surface area contributed by atoms with Crippen LogP contribution < -0.4 is 15.4 Å². The zero-order valence-corrected chi connectivity index (χ0v) is 8.61. The molecule has 0 amide bonds. The van der Waals surface area contributed by atoms with Gasteiger partial charge in [0.05, 0.1) is 12.8 Å². The summed E-state index contributed by atoms with van der Waals surface area (Å²) in [5, 5.41) is 12.8. The van der Waals surface area contributed by atoms with Crippen LogP contribution in [-0.2, 0) is 0 Å². The minimum absolute atomic E-state index is 0.388. The van der Waals surface area contributed by atoms with Crippen molar-refractivity contribution in [3.05, 3.63) is 24.2 Å². The summed E-state index contributed by atoms with van der Waals surface area (Å²) < 4.78 is 4.95. The van der Waals surface area contributed by atoms with E-state index < -0.39 is 0 Å². The number of allylic oxidation sites excluding steroid dienone is 1. The summed E-state index contributed by atoms with van der Waals surface area (Å²) in [4.78, 5) is 8.03. The van der Waals surface area contributed by atoms with E-state index in [4.69, 9.17) is 10.1 Å². The van der Waals surface area contributed by atoms with Crippen molar-refractivity contribution < 1.29 is 4.74 Å². The Bertz CT molecular complexity index is 363. The molecule has 6 nitrogen and oxygen atoms in total. The van der Waals surface area contributed by atoms with Crippen LogP contribution in [0.1, 0.15) is 0 Å². The number of ether oxygens (including phenoxy) is 1. The van der Waals surface area contributed by atoms with E-state index in [0.717, 1.165) is 0 Å². The van der Waals surface area contributed by atoms with E-state index >= 15 is 0 Å². The first kappa shape index (κ1) is 11.0. The highest BCUT2D eigenvalue weighted by Crippen LogP contribution is 2.08. The molecule has 0 spiro atoms. The minimum atomic E-state index is 0.388. The third kappa shape index (κ3) is 3.26. The molecule has 3 N–H and O–H groups in total. The van der Waals surface area contributed by atoms with Crippen molar-refractivity contribution in [2.24, 2.45) is 0 Å². The fourth-order valence-electron chi connectivity index (χ4n) is 0.914. The van der Waals surface area contributed by atoms with Crippen molar-refractivity contribution in [1.29, 1.82) is 5.41 Å². The van der Waals surface area contributed by atoms with Gasteiger partial charge >= 0.3 is 0 Å². The highest BCUT2D eigenvalue weighted by Gasteiger charge is 1.99. The largest absolute Gasteiger partial charge is 0.481 e. The summed E-state index contributed by atoms with van der Waals surface area (Å²) in [6.45, 7) is 0. The van der Waals surface area contributed by atoms with Gasteiger partial charge in [-0.1, -0.05) is 0 Å². The van der Waals surface area contributed by atoms with Gasteiger partial charge in [0.25, 0.3) is 0 Å². The molecule has 15 heavy (non-hydrogen) atoms. The number of aromatic nitrogens is 2. The van der Waals surface area contributed by atoms with Gasteiger partial charge in [0.2, 0.25) is 11.8 Å². The molecule has 0 aliphatic rings. The van der Waals surface area contributed by atoms with Crippen LogP contribution in [0.3, 0.4) is 0 Å². The average molecular weight is 207 g/mol. The van der Waals surface area contributed by atoms with E-state index in [1.54, 1.807) is 25.5 Å². The van der Waals surface area contributed by atoms with Gasteiger partial charge in [-0.3, -0.25) is 0 Å². The van der Waals surface area contributed by atoms with Crippen LogP contribution in [0, 0.1) is 5.41 Å². The molecule has 0 aromatic carbocycles. The zero-order chi connectivity index (χ0) is 11.1. The molecule has 0 saturated heterocycles. The standard InChI is InChI=1S/C9H13N5O/c1-11-6-7(5-10)13-9-12-4-3-8(14-9)15-2/h3-6,10-11H,1-2H3,(H,12,13,14)/b7-6+,10-5?. The van der Waals surface area contributed by atoms with E-state index in [2.05, 4.69) is 20.6 Å². The summed E-state index contributed by atoms with van der Waals surface area (Å²) >= 11 is 0. The van der Waals surface area contributed by atoms with Crippen molar-refractivity contribution in [2.75, 3.05) is 19.5 Å². The number of anilines is 1. The van der Waals surface area contributed by atoms with Crippen molar-refractivity contribution in [2.45, 2.75) is 0 Å². The molecule has 0 atom stereocenters. The number of nitrogens with one attached hydrogen (secondary N) is 3. The van der Waals surface area contributed by atoms with Crippen molar-refractivity contribution in [3.8, 4) is 5.88 Å². The average Bonchev–Trinajstić information content (AvgIpc) is 2.29. The first-order valence-electron chi connectivity index (χ1n) is 4.32. The molecular weight excluding hydrogens is 194 g/mol. The fraction of sp³-hybridized carbons (Fsp3) is 0.222. The second-order valence-electron chi connectivity index (χ2n) is 2.58. The Balaban J connectivity index is 2.79. The van der Waals surface area contributed by atoms with Crippen LogP contribution in [0.25, 0.3) is 0 Å². The van der Waals surface area contributed by atoms with E-state index in [0.29, 0.717) is 17.5 Å². The molecule has 0 radical (unpaired) electrons. The smallest absolute Gasteiger partial charge is 0.230 e. The Morgan fingerprint density at radius 3 is 3.00 bits per heavy atom. The topological polar surface area (TPSA) is 82.9 Å². The summed E-state index contributed by atoms with van der Waals surface area (Å²) in [5.41, 5.74) is 0.561. The molecule has 1 heterocycles. The van der Waals surface area contributed by atoms with Crippen LogP contribution in [0.15, 0.2) is 24.2 Å². The molecule has 80 valence electrons. The van der Waals surface area contributed by atoms with E-state index in [9.17, 15) is 0 Å². The Hall–Kier alpha value is -2.11. The third-order valence-electron chi connectivity index (χ3n) is 1.55. The lowest BCUT2D eigenvalue weighted by Crippen LogP contribution is -2.08. The molecule has 0 unspecified atom stereocenters. The Kier molecular flexibility index (Phi) is 4.08. The zero-order valence-electron chi connectivity index (χ0n) is 8.61. The number of rotatable bonds is 5. The molecule has 0 aliphatic carbocycles. The van der Waals surface area contributed by atoms with E-state index in [-0.39, 0.29) is 0 Å². The monoisotopic (exact) mass is 207 g/mol. The van der Waals surface area contributed by atoms with Gasteiger partial charge in [-0.25, -0.2) is 4.98 Å². The Morgan fingerprint density at radius 2 is 2.40 bits per heavy atom. The molecule has 0 saturated carbocycles. The van der Waals surface area contributed by atoms with Crippen LogP contribution in [-0.4, -0.2) is 30.3 Å². The van der Waals surface area contributed by atoms with Gasteiger partial charge in [0, 0.05) is 31.7 Å². The number of hydrogen-bond donors (Lipinski definition) is 3. The molecule has 1 aromatic rings. The van der Waals surface area contributed by atoms with Crippen molar-refractivity contribution in [3.63, 3.8) is 0 Å². The SMILES string of the molecule is CN/C=C(\C=N)Nc1nccc(OC)n1. The van der Waals surface area contributed by atoms with Gasteiger partial charge in [0.15, 0.2) is 0 Å². The molecule has 0 aliphatic heterocycles. The lowest BCUT2D eigenvalue weighted by Gasteiger charge is -2.05. The lowest BCUT2D eigenvalue weighted by atomic mass is 10.5. The summed E-state index contributed by atoms with van der Waals surface area (Å²) in [7, 11) is 3.28. The van der Waals surface area contributed by atoms with Crippen LogP contribution >= 0.6 is 0 Å². The van der Waals surface area contributed by atoms with Crippen LogP contribution in [0.2, 0.25) is 0 Å². The molecule has 1 rings (SSSR count). The van der Waals surface area contributed by atoms with Gasteiger partial charge in [-0.2, -0.15) is 4.98 Å². The number of nitrogens with zero attached hydrogens (tertiary/aromatic N) is 2. The fourth-order valence-corrected chi connectivity index (χ4v) is 0.914. The molecule has 0 bridgehead atoms. The summed E-state index contributed by atoms with van der Waals surface area (Å²) in [6, 6.07) is 1.65. The molecule has 0 fully saturated rings. The minimum Gasteiger partial charge on any atom is -0.481 e. The summed E-state index contributed by atoms with van der Waals surface area (Å²) in [5.74, 6) is 0.862. The first-order chi connectivity index (χ1) is 7.30. The van der Waals surface area contributed by atoms with Gasteiger partial charge < -0.3 is 20.8 Å². The van der Waals surface area contributed by atoms with Gasteiger partial charge in [0.1, 0.15) is 0 Å². The van der Waals surface area contributed by atoms with E-state index in [1.165, 1.54) is 13.3 Å². The highest BCUT2D eigenvalue weighted by molar-refractivity contribution is 5.79. The van der Waals surface area contributed by atoms with Gasteiger partial charge in [-0.15, -0.1) is 0 Å². The second kappa shape index (κ2) is 5.58. The normalized spacial score (nSPS) is 10.7. The first-order valence-corrected chi connectivity index (χ1v) is 4.32. The van der Waals surface area contributed by atoms with Crippen molar-refractivity contribution >= 4 is 12.2 Å². The highest BCUT2D eigenvalue weighted by atomic mass is 16.5. The lowest BCUT2D eigenvalue weighted by molar-refractivity contribution is 0.397. The van der Waals surface area contributed by atoms with Crippen LogP contribution in [0.4, 0.5) is 5.95 Å². The Labute approximate surface area is 87.9 Å². The van der Waals surface area contributed by atoms with Gasteiger partial charge in [-0.05, 0) is 0 Å².